The highest BCUT2D eigenvalue weighted by Crippen LogP contribution is 2.21. The van der Waals surface area contributed by atoms with Crippen LogP contribution in [0.25, 0.3) is 10.6 Å². The van der Waals surface area contributed by atoms with Crippen molar-refractivity contribution in [2.75, 3.05) is 5.32 Å². The molecule has 0 aliphatic rings. The van der Waals surface area contributed by atoms with Gasteiger partial charge in [0.25, 0.3) is 5.56 Å². The molecule has 7 heteroatoms. The van der Waals surface area contributed by atoms with Crippen LogP contribution < -0.4 is 10.9 Å². The number of hydrogen-bond donors (Lipinski definition) is 1. The van der Waals surface area contributed by atoms with Gasteiger partial charge in [0.05, 0.1) is 4.88 Å². The van der Waals surface area contributed by atoms with Gasteiger partial charge >= 0.3 is 0 Å². The Bertz CT molecular complexity index is 905. The quantitative estimate of drug-likeness (QED) is 0.709. The summed E-state index contributed by atoms with van der Waals surface area (Å²) in [5.41, 5.74) is 1.29. The Morgan fingerprint density at radius 1 is 1.16 bits per heavy atom. The number of rotatable bonds is 6. The molecule has 0 aliphatic carbocycles. The molecule has 3 rings (SSSR count). The third-order valence-electron chi connectivity index (χ3n) is 3.54. The molecule has 1 amide bonds. The Kier molecular flexibility index (Phi) is 5.63. The highest BCUT2D eigenvalue weighted by Gasteiger charge is 2.06. The molecule has 5 nitrogen and oxygen atoms in total. The number of thiophene rings is 1. The molecular formula is C18H16ClN3O2S. The molecule has 2 heterocycles. The van der Waals surface area contributed by atoms with Crippen LogP contribution in [-0.4, -0.2) is 15.7 Å². The molecular weight excluding hydrogens is 358 g/mol. The second-order valence-electron chi connectivity index (χ2n) is 5.42. The van der Waals surface area contributed by atoms with Crippen molar-refractivity contribution in [3.63, 3.8) is 0 Å². The zero-order chi connectivity index (χ0) is 17.6. The Labute approximate surface area is 153 Å². The van der Waals surface area contributed by atoms with Crippen LogP contribution in [0, 0.1) is 0 Å². The van der Waals surface area contributed by atoms with Crippen LogP contribution >= 0.6 is 22.9 Å². The summed E-state index contributed by atoms with van der Waals surface area (Å²) in [5, 5.41) is 9.76. The van der Waals surface area contributed by atoms with Crippen molar-refractivity contribution in [3.05, 3.63) is 69.3 Å². The van der Waals surface area contributed by atoms with Gasteiger partial charge in [0.2, 0.25) is 5.91 Å². The van der Waals surface area contributed by atoms with Gasteiger partial charge in [-0.1, -0.05) is 17.7 Å². The highest BCUT2D eigenvalue weighted by molar-refractivity contribution is 7.13. The van der Waals surface area contributed by atoms with E-state index < -0.39 is 0 Å². The number of nitrogens with one attached hydrogen (secondary N) is 1. The lowest BCUT2D eigenvalue weighted by Gasteiger charge is -2.07. The molecule has 0 saturated carbocycles. The maximum absolute atomic E-state index is 12.0. The van der Waals surface area contributed by atoms with Gasteiger partial charge in [0, 0.05) is 29.7 Å². The average Bonchev–Trinajstić information content (AvgIpc) is 3.13. The van der Waals surface area contributed by atoms with E-state index in [1.165, 1.54) is 10.7 Å². The smallest absolute Gasteiger partial charge is 0.266 e. The van der Waals surface area contributed by atoms with Crippen molar-refractivity contribution in [2.45, 2.75) is 19.4 Å². The van der Waals surface area contributed by atoms with Crippen molar-refractivity contribution < 1.29 is 4.79 Å². The molecule has 0 aliphatic heterocycles. The number of benzene rings is 1. The van der Waals surface area contributed by atoms with E-state index >= 15 is 0 Å². The zero-order valence-corrected chi connectivity index (χ0v) is 14.9. The minimum Gasteiger partial charge on any atom is -0.326 e. The molecule has 0 spiro atoms. The van der Waals surface area contributed by atoms with Crippen LogP contribution in [0.3, 0.4) is 0 Å². The summed E-state index contributed by atoms with van der Waals surface area (Å²) in [6, 6.07) is 14.1. The van der Waals surface area contributed by atoms with Crippen LogP contribution in [0.1, 0.15) is 12.8 Å². The lowest BCUT2D eigenvalue weighted by molar-refractivity contribution is -0.116. The minimum absolute atomic E-state index is 0.107. The standard InChI is InChI=1S/C18H16ClN3O2S/c19-13-5-7-14(8-6-13)20-17(23)4-1-11-22-18(24)10-9-15(21-22)16-3-2-12-25-16/h2-3,5-10,12H,1,4,11H2,(H,20,23). The summed E-state index contributed by atoms with van der Waals surface area (Å²) in [4.78, 5) is 24.9. The average molecular weight is 374 g/mol. The predicted octanol–water partition coefficient (Wildman–Crippen LogP) is 4.04. The molecule has 0 saturated heterocycles. The summed E-state index contributed by atoms with van der Waals surface area (Å²) < 4.78 is 1.41. The van der Waals surface area contributed by atoms with E-state index in [9.17, 15) is 9.59 Å². The molecule has 0 radical (unpaired) electrons. The third kappa shape index (κ3) is 4.78. The number of aryl methyl sites for hydroxylation is 1. The second kappa shape index (κ2) is 8.09. The lowest BCUT2D eigenvalue weighted by Crippen LogP contribution is -2.23. The van der Waals surface area contributed by atoms with Crippen LogP contribution in [-0.2, 0) is 11.3 Å². The van der Waals surface area contributed by atoms with Gasteiger partial charge in [-0.15, -0.1) is 11.3 Å². The van der Waals surface area contributed by atoms with E-state index in [-0.39, 0.29) is 11.5 Å². The van der Waals surface area contributed by atoms with Gasteiger partial charge in [0.1, 0.15) is 5.69 Å². The second-order valence-corrected chi connectivity index (χ2v) is 6.80. The zero-order valence-electron chi connectivity index (χ0n) is 13.3. The fraction of sp³-hybridized carbons (Fsp3) is 0.167. The summed E-state index contributed by atoms with van der Waals surface area (Å²) >= 11 is 7.38. The molecule has 0 unspecified atom stereocenters. The maximum Gasteiger partial charge on any atom is 0.266 e. The van der Waals surface area contributed by atoms with Crippen molar-refractivity contribution >= 4 is 34.5 Å². The van der Waals surface area contributed by atoms with Gasteiger partial charge in [-0.25, -0.2) is 4.68 Å². The van der Waals surface area contributed by atoms with Crippen LogP contribution in [0.4, 0.5) is 5.69 Å². The van der Waals surface area contributed by atoms with Gasteiger partial charge < -0.3 is 5.32 Å². The van der Waals surface area contributed by atoms with Crippen molar-refractivity contribution in [2.24, 2.45) is 0 Å². The summed E-state index contributed by atoms with van der Waals surface area (Å²) in [7, 11) is 0. The third-order valence-corrected chi connectivity index (χ3v) is 4.69. The lowest BCUT2D eigenvalue weighted by atomic mass is 10.2. The monoisotopic (exact) mass is 373 g/mol. The van der Waals surface area contributed by atoms with Crippen LogP contribution in [0.15, 0.2) is 58.7 Å². The van der Waals surface area contributed by atoms with Crippen molar-refractivity contribution in [3.8, 4) is 10.6 Å². The first-order valence-corrected chi connectivity index (χ1v) is 9.05. The number of aromatic nitrogens is 2. The number of hydrogen-bond acceptors (Lipinski definition) is 4. The number of carbonyl (C=O) groups is 1. The molecule has 0 atom stereocenters. The first-order valence-electron chi connectivity index (χ1n) is 7.79. The molecule has 25 heavy (non-hydrogen) atoms. The van der Waals surface area contributed by atoms with E-state index in [4.69, 9.17) is 11.6 Å². The maximum atomic E-state index is 12.0. The fourth-order valence-electron chi connectivity index (χ4n) is 2.31. The topological polar surface area (TPSA) is 64.0 Å². The molecule has 0 bridgehead atoms. The van der Waals surface area contributed by atoms with Gasteiger partial charge in [-0.3, -0.25) is 9.59 Å². The largest absolute Gasteiger partial charge is 0.326 e. The van der Waals surface area contributed by atoms with E-state index in [0.29, 0.717) is 30.1 Å². The summed E-state index contributed by atoms with van der Waals surface area (Å²) in [6.45, 7) is 0.395. The van der Waals surface area contributed by atoms with Gasteiger partial charge in [-0.05, 0) is 48.2 Å². The number of carbonyl (C=O) groups excluding carboxylic acids is 1. The molecule has 2 aromatic heterocycles. The van der Waals surface area contributed by atoms with Gasteiger partial charge in [0.15, 0.2) is 0 Å². The SMILES string of the molecule is O=C(CCCn1nc(-c2cccs2)ccc1=O)Nc1ccc(Cl)cc1. The molecule has 1 N–H and O–H groups in total. The van der Waals surface area contributed by atoms with E-state index in [2.05, 4.69) is 10.4 Å². The minimum atomic E-state index is -0.168. The van der Waals surface area contributed by atoms with E-state index in [1.54, 1.807) is 41.7 Å². The Morgan fingerprint density at radius 3 is 2.68 bits per heavy atom. The first kappa shape index (κ1) is 17.4. The van der Waals surface area contributed by atoms with Crippen LogP contribution in [0.2, 0.25) is 5.02 Å². The van der Waals surface area contributed by atoms with Gasteiger partial charge in [-0.2, -0.15) is 5.10 Å². The summed E-state index contributed by atoms with van der Waals surface area (Å²) in [6.07, 6.45) is 0.834. The number of amides is 1. The van der Waals surface area contributed by atoms with Crippen molar-refractivity contribution in [1.29, 1.82) is 0 Å². The molecule has 0 fully saturated rings. The fourth-order valence-corrected chi connectivity index (χ4v) is 3.13. The highest BCUT2D eigenvalue weighted by atomic mass is 35.5. The number of nitrogens with zero attached hydrogens (tertiary/aromatic N) is 2. The normalized spacial score (nSPS) is 10.6. The van der Waals surface area contributed by atoms with Crippen LogP contribution in [0.5, 0.6) is 0 Å². The van der Waals surface area contributed by atoms with E-state index in [0.717, 1.165) is 10.6 Å². The summed E-state index contributed by atoms with van der Waals surface area (Å²) in [5.74, 6) is -0.107. The Balaban J connectivity index is 1.56. The molecule has 1 aromatic carbocycles. The Hall–Kier alpha value is -2.44. The number of halogens is 1. The first-order chi connectivity index (χ1) is 12.1. The van der Waals surface area contributed by atoms with E-state index in [1.807, 2.05) is 17.5 Å². The van der Waals surface area contributed by atoms with Crippen molar-refractivity contribution in [1.82, 2.24) is 9.78 Å². The number of anilines is 1. The molecule has 128 valence electrons. The predicted molar refractivity (Wildman–Crippen MR) is 101 cm³/mol. The molecule has 3 aromatic rings. The Morgan fingerprint density at radius 2 is 1.96 bits per heavy atom.